The van der Waals surface area contributed by atoms with Gasteiger partial charge in [-0.2, -0.15) is 0 Å². The first-order chi connectivity index (χ1) is 15.8. The summed E-state index contributed by atoms with van der Waals surface area (Å²) < 4.78 is 11.4. The maximum atomic E-state index is 13.0. The van der Waals surface area contributed by atoms with Gasteiger partial charge in [0, 0.05) is 17.0 Å². The third-order valence-electron chi connectivity index (χ3n) is 6.25. The van der Waals surface area contributed by atoms with E-state index in [2.05, 4.69) is 22.0 Å². The van der Waals surface area contributed by atoms with E-state index in [9.17, 15) is 4.79 Å². The highest BCUT2D eigenvalue weighted by atomic mass is 32.1. The molecule has 2 aromatic heterocycles. The Morgan fingerprint density at radius 3 is 2.81 bits per heavy atom. The van der Waals surface area contributed by atoms with E-state index in [1.54, 1.807) is 0 Å². The number of nitrogens with one attached hydrogen (secondary N) is 1. The number of nitrogens with zero attached hydrogens (tertiary/aromatic N) is 2. The van der Waals surface area contributed by atoms with Crippen molar-refractivity contribution in [3.05, 3.63) is 75.7 Å². The molecule has 0 unspecified atom stereocenters. The number of likely N-dealkylation sites (tertiary alicyclic amines) is 1. The summed E-state index contributed by atoms with van der Waals surface area (Å²) in [6.07, 6.45) is 2.19. The lowest BCUT2D eigenvalue weighted by Gasteiger charge is -2.26. The van der Waals surface area contributed by atoms with Gasteiger partial charge in [0.05, 0.1) is 11.9 Å². The van der Waals surface area contributed by atoms with Crippen molar-refractivity contribution in [1.29, 1.82) is 0 Å². The molecule has 0 spiro atoms. The van der Waals surface area contributed by atoms with Gasteiger partial charge < -0.3 is 14.5 Å². The van der Waals surface area contributed by atoms with Gasteiger partial charge in [0.2, 0.25) is 0 Å². The van der Waals surface area contributed by atoms with E-state index in [1.807, 2.05) is 41.8 Å². The number of aromatic amines is 1. The van der Waals surface area contributed by atoms with Crippen LogP contribution in [0.2, 0.25) is 0 Å². The van der Waals surface area contributed by atoms with Crippen LogP contribution < -0.4 is 15.0 Å². The quantitative estimate of drug-likeness (QED) is 0.491. The fourth-order valence-electron chi connectivity index (χ4n) is 4.75. The zero-order valence-corrected chi connectivity index (χ0v) is 18.4. The normalized spacial score (nSPS) is 18.3. The number of aromatic nitrogens is 2. The van der Waals surface area contributed by atoms with E-state index in [1.165, 1.54) is 16.9 Å². The van der Waals surface area contributed by atoms with Crippen LogP contribution in [0.5, 0.6) is 11.5 Å². The molecule has 1 N–H and O–H groups in total. The summed E-state index contributed by atoms with van der Waals surface area (Å²) in [5.74, 6) is 2.35. The third kappa shape index (κ3) is 3.47. The fraction of sp³-hybridized carbons (Fsp3) is 0.280. The van der Waals surface area contributed by atoms with Gasteiger partial charge >= 0.3 is 0 Å². The van der Waals surface area contributed by atoms with Crippen LogP contribution in [-0.4, -0.2) is 34.6 Å². The standard InChI is InChI=1S/C25H23N3O3S/c29-24-23-18(16-5-2-1-3-6-16)15-32-25(23)27-22(26-24)14-28-10-4-7-19(28)17-8-9-20-21(13-17)31-12-11-30-20/h1-3,5-6,8-9,13,15,19H,4,7,10-12,14H2,(H,26,27,29)/t19-/m0/s1. The van der Waals surface area contributed by atoms with Gasteiger partial charge in [0.25, 0.3) is 5.56 Å². The molecule has 6 nitrogen and oxygen atoms in total. The molecule has 0 saturated carbocycles. The van der Waals surface area contributed by atoms with Crippen LogP contribution in [0.15, 0.2) is 58.7 Å². The highest BCUT2D eigenvalue weighted by Gasteiger charge is 2.28. The van der Waals surface area contributed by atoms with Crippen LogP contribution in [-0.2, 0) is 6.54 Å². The lowest BCUT2D eigenvalue weighted by Crippen LogP contribution is -2.26. The molecule has 32 heavy (non-hydrogen) atoms. The van der Waals surface area contributed by atoms with E-state index >= 15 is 0 Å². The molecule has 4 heterocycles. The summed E-state index contributed by atoms with van der Waals surface area (Å²) in [5, 5.41) is 2.70. The smallest absolute Gasteiger partial charge is 0.260 e. The maximum Gasteiger partial charge on any atom is 0.260 e. The summed E-state index contributed by atoms with van der Waals surface area (Å²) in [5.41, 5.74) is 3.14. The average molecular weight is 446 g/mol. The second kappa shape index (κ2) is 8.07. The van der Waals surface area contributed by atoms with Crippen molar-refractivity contribution in [3.8, 4) is 22.6 Å². The van der Waals surface area contributed by atoms with Crippen LogP contribution in [0, 0.1) is 0 Å². The highest BCUT2D eigenvalue weighted by molar-refractivity contribution is 7.17. The molecule has 1 saturated heterocycles. The summed E-state index contributed by atoms with van der Waals surface area (Å²) in [6, 6.07) is 16.5. The number of rotatable bonds is 4. The van der Waals surface area contributed by atoms with Crippen molar-refractivity contribution in [2.75, 3.05) is 19.8 Å². The van der Waals surface area contributed by atoms with Crippen molar-refractivity contribution in [3.63, 3.8) is 0 Å². The van der Waals surface area contributed by atoms with Gasteiger partial charge in [-0.1, -0.05) is 36.4 Å². The lowest BCUT2D eigenvalue weighted by atomic mass is 10.0. The molecule has 0 amide bonds. The van der Waals surface area contributed by atoms with Gasteiger partial charge in [-0.3, -0.25) is 9.69 Å². The van der Waals surface area contributed by atoms with Crippen LogP contribution in [0.4, 0.5) is 0 Å². The van der Waals surface area contributed by atoms with E-state index in [0.29, 0.717) is 31.0 Å². The number of fused-ring (bicyclic) bond motifs is 2. The molecule has 6 rings (SSSR count). The van der Waals surface area contributed by atoms with Gasteiger partial charge in [0.15, 0.2) is 11.5 Å². The number of benzene rings is 2. The Balaban J connectivity index is 1.29. The monoisotopic (exact) mass is 445 g/mol. The lowest BCUT2D eigenvalue weighted by molar-refractivity contribution is 0.170. The molecular weight excluding hydrogens is 422 g/mol. The van der Waals surface area contributed by atoms with Crippen molar-refractivity contribution in [2.45, 2.75) is 25.4 Å². The molecule has 2 aromatic carbocycles. The molecule has 1 atom stereocenters. The minimum absolute atomic E-state index is 0.0693. The second-order valence-electron chi connectivity index (χ2n) is 8.24. The first kappa shape index (κ1) is 19.5. The zero-order chi connectivity index (χ0) is 21.5. The Labute approximate surface area is 189 Å². The van der Waals surface area contributed by atoms with Gasteiger partial charge in [-0.05, 0) is 42.6 Å². The molecule has 2 aliphatic heterocycles. The van der Waals surface area contributed by atoms with Crippen LogP contribution >= 0.6 is 11.3 Å². The molecule has 4 aromatic rings. The van der Waals surface area contributed by atoms with Gasteiger partial charge in [0.1, 0.15) is 23.9 Å². The topological polar surface area (TPSA) is 67.5 Å². The van der Waals surface area contributed by atoms with Crippen LogP contribution in [0.3, 0.4) is 0 Å². The Hall–Kier alpha value is -3.16. The van der Waals surface area contributed by atoms with Crippen molar-refractivity contribution < 1.29 is 9.47 Å². The maximum absolute atomic E-state index is 13.0. The fourth-order valence-corrected chi connectivity index (χ4v) is 5.72. The van der Waals surface area contributed by atoms with E-state index in [4.69, 9.17) is 14.5 Å². The molecule has 162 valence electrons. The predicted octanol–water partition coefficient (Wildman–Crippen LogP) is 4.76. The van der Waals surface area contributed by atoms with Gasteiger partial charge in [-0.25, -0.2) is 4.98 Å². The summed E-state index contributed by atoms with van der Waals surface area (Å²) in [4.78, 5) is 24.1. The van der Waals surface area contributed by atoms with E-state index < -0.39 is 0 Å². The van der Waals surface area contributed by atoms with E-state index in [-0.39, 0.29) is 11.6 Å². The molecule has 0 radical (unpaired) electrons. The minimum atomic E-state index is -0.0693. The Kier molecular flexibility index (Phi) is 4.92. The van der Waals surface area contributed by atoms with Crippen molar-refractivity contribution in [2.24, 2.45) is 0 Å². The van der Waals surface area contributed by atoms with Crippen molar-refractivity contribution in [1.82, 2.24) is 14.9 Å². The SMILES string of the molecule is O=c1[nH]c(CN2CCC[C@H]2c2ccc3c(c2)OCCO3)nc2scc(-c3ccccc3)c12. The van der Waals surface area contributed by atoms with E-state index in [0.717, 1.165) is 46.8 Å². The summed E-state index contributed by atoms with van der Waals surface area (Å²) >= 11 is 1.53. The van der Waals surface area contributed by atoms with Crippen molar-refractivity contribution >= 4 is 21.6 Å². The number of H-pyrrole nitrogens is 1. The number of thiophene rings is 1. The largest absolute Gasteiger partial charge is 0.486 e. The van der Waals surface area contributed by atoms with Gasteiger partial charge in [-0.15, -0.1) is 11.3 Å². The minimum Gasteiger partial charge on any atom is -0.486 e. The zero-order valence-electron chi connectivity index (χ0n) is 17.5. The first-order valence-corrected chi connectivity index (χ1v) is 11.8. The number of ether oxygens (including phenoxy) is 2. The third-order valence-corrected chi connectivity index (χ3v) is 7.12. The molecule has 0 aliphatic carbocycles. The summed E-state index contributed by atoms with van der Waals surface area (Å²) in [6.45, 7) is 2.77. The number of hydrogen-bond donors (Lipinski definition) is 1. The average Bonchev–Trinajstić information content (AvgIpc) is 3.47. The number of hydrogen-bond acceptors (Lipinski definition) is 6. The Morgan fingerprint density at radius 2 is 1.94 bits per heavy atom. The molecular formula is C25H23N3O3S. The van der Waals surface area contributed by atoms with Crippen LogP contribution in [0.25, 0.3) is 21.3 Å². The molecule has 2 aliphatic rings. The molecule has 0 bridgehead atoms. The highest BCUT2D eigenvalue weighted by Crippen LogP contribution is 2.38. The summed E-state index contributed by atoms with van der Waals surface area (Å²) in [7, 11) is 0. The molecule has 7 heteroatoms. The predicted molar refractivity (Wildman–Crippen MR) is 125 cm³/mol. The van der Waals surface area contributed by atoms with Crippen LogP contribution in [0.1, 0.15) is 30.3 Å². The molecule has 1 fully saturated rings. The first-order valence-electron chi connectivity index (χ1n) is 11.0. The second-order valence-corrected chi connectivity index (χ2v) is 9.10. The Bertz CT molecular complexity index is 1330. The Morgan fingerprint density at radius 1 is 1.09 bits per heavy atom.